The van der Waals surface area contributed by atoms with E-state index >= 15 is 0 Å². The Labute approximate surface area is 124 Å². The molecule has 1 atom stereocenters. The Morgan fingerprint density at radius 2 is 2.24 bits per heavy atom. The van der Waals surface area contributed by atoms with Crippen LogP contribution < -0.4 is 10.5 Å². The molecule has 0 unspecified atom stereocenters. The summed E-state index contributed by atoms with van der Waals surface area (Å²) < 4.78 is 37.9. The minimum atomic E-state index is -3.68. The lowest BCUT2D eigenvalue weighted by Gasteiger charge is -2.47. The molecule has 1 aromatic rings. The van der Waals surface area contributed by atoms with Crippen LogP contribution in [0.25, 0.3) is 0 Å². The molecule has 0 bridgehead atoms. The number of aromatic nitrogens is 1. The predicted molar refractivity (Wildman–Crippen MR) is 76.1 cm³/mol. The first-order valence-electron chi connectivity index (χ1n) is 7.27. The van der Waals surface area contributed by atoms with E-state index in [9.17, 15) is 8.42 Å². The van der Waals surface area contributed by atoms with Crippen LogP contribution >= 0.6 is 0 Å². The van der Waals surface area contributed by atoms with Gasteiger partial charge in [0.15, 0.2) is 16.5 Å². The Hall–Kier alpha value is -1.12. The Morgan fingerprint density at radius 3 is 2.81 bits per heavy atom. The smallest absolute Gasteiger partial charge is 0.247 e. The largest absolute Gasteiger partial charge is 0.380 e. The van der Waals surface area contributed by atoms with E-state index in [1.807, 2.05) is 0 Å². The first-order valence-corrected chi connectivity index (χ1v) is 8.76. The van der Waals surface area contributed by atoms with Gasteiger partial charge in [-0.3, -0.25) is 0 Å². The zero-order valence-electron chi connectivity index (χ0n) is 12.1. The Morgan fingerprint density at radius 1 is 1.48 bits per heavy atom. The van der Waals surface area contributed by atoms with Gasteiger partial charge in [-0.25, -0.2) is 13.1 Å². The van der Waals surface area contributed by atoms with Crippen molar-refractivity contribution in [2.75, 3.05) is 18.9 Å². The summed E-state index contributed by atoms with van der Waals surface area (Å²) in [6.45, 7) is 2.65. The third-order valence-corrected chi connectivity index (χ3v) is 6.10. The SMILES string of the molecule is Cc1onc(N)c1S(=O)(=O)NC[C@@H]1CCOC2(CCC2)C1. The van der Waals surface area contributed by atoms with Gasteiger partial charge in [0.25, 0.3) is 0 Å². The van der Waals surface area contributed by atoms with Crippen molar-refractivity contribution in [3.05, 3.63) is 5.76 Å². The predicted octanol–water partition coefficient (Wildman–Crippen LogP) is 1.19. The molecule has 0 aromatic carbocycles. The van der Waals surface area contributed by atoms with E-state index in [1.54, 1.807) is 0 Å². The number of nitrogens with one attached hydrogen (secondary N) is 1. The van der Waals surface area contributed by atoms with Crippen LogP contribution in [0, 0.1) is 12.8 Å². The molecule has 8 heteroatoms. The van der Waals surface area contributed by atoms with Gasteiger partial charge in [0, 0.05) is 13.2 Å². The highest BCUT2D eigenvalue weighted by atomic mass is 32.2. The molecule has 2 fully saturated rings. The molecule has 0 radical (unpaired) electrons. The summed E-state index contributed by atoms with van der Waals surface area (Å²) >= 11 is 0. The van der Waals surface area contributed by atoms with E-state index < -0.39 is 10.0 Å². The number of nitrogen functional groups attached to an aromatic ring is 1. The van der Waals surface area contributed by atoms with Crippen molar-refractivity contribution in [2.45, 2.75) is 49.5 Å². The summed E-state index contributed by atoms with van der Waals surface area (Å²) in [5.41, 5.74) is 5.58. The van der Waals surface area contributed by atoms with E-state index in [2.05, 4.69) is 9.88 Å². The van der Waals surface area contributed by atoms with Gasteiger partial charge in [0.2, 0.25) is 10.0 Å². The fourth-order valence-corrected chi connectivity index (χ4v) is 4.56. The average molecular weight is 315 g/mol. The summed E-state index contributed by atoms with van der Waals surface area (Å²) in [4.78, 5) is -0.0482. The van der Waals surface area contributed by atoms with Crippen LogP contribution in [-0.4, -0.2) is 32.3 Å². The van der Waals surface area contributed by atoms with Crippen LogP contribution in [-0.2, 0) is 14.8 Å². The average Bonchev–Trinajstić information content (AvgIpc) is 2.75. The number of hydrogen-bond donors (Lipinski definition) is 2. The van der Waals surface area contributed by atoms with Gasteiger partial charge in [0.1, 0.15) is 0 Å². The second-order valence-corrected chi connectivity index (χ2v) is 7.75. The highest BCUT2D eigenvalue weighted by molar-refractivity contribution is 7.89. The number of nitrogens with zero attached hydrogens (tertiary/aromatic N) is 1. The standard InChI is InChI=1S/C13H21N3O4S/c1-9-11(12(14)16-20-9)21(17,18)15-8-10-3-6-19-13(7-10)4-2-5-13/h10,15H,2-8H2,1H3,(H2,14,16)/t10-/m1/s1. The van der Waals surface area contributed by atoms with Crippen LogP contribution in [0.2, 0.25) is 0 Å². The van der Waals surface area contributed by atoms with Crippen LogP contribution in [0.1, 0.15) is 37.9 Å². The zero-order chi connectivity index (χ0) is 15.1. The fourth-order valence-electron chi connectivity index (χ4n) is 3.23. The molecule has 3 rings (SSSR count). The normalized spacial score (nSPS) is 24.9. The summed E-state index contributed by atoms with van der Waals surface area (Å²) in [5.74, 6) is 0.417. The summed E-state index contributed by atoms with van der Waals surface area (Å²) in [5, 5.41) is 3.49. The van der Waals surface area contributed by atoms with Crippen molar-refractivity contribution < 1.29 is 17.7 Å². The maximum atomic E-state index is 12.3. The lowest BCUT2D eigenvalue weighted by Crippen LogP contribution is -2.47. The van der Waals surface area contributed by atoms with Crippen LogP contribution in [0.5, 0.6) is 0 Å². The number of rotatable bonds is 4. The molecule has 0 amide bonds. The number of sulfonamides is 1. The molecule has 118 valence electrons. The van der Waals surface area contributed by atoms with Crippen molar-refractivity contribution in [3.8, 4) is 0 Å². The van der Waals surface area contributed by atoms with Gasteiger partial charge in [-0.1, -0.05) is 5.16 Å². The Balaban J connectivity index is 1.64. The molecule has 7 nitrogen and oxygen atoms in total. The molecule has 1 aliphatic heterocycles. The van der Waals surface area contributed by atoms with Gasteiger partial charge in [-0.05, 0) is 44.9 Å². The molecule has 2 heterocycles. The number of anilines is 1. The summed E-state index contributed by atoms with van der Waals surface area (Å²) in [6, 6.07) is 0. The topological polar surface area (TPSA) is 107 Å². The van der Waals surface area contributed by atoms with Crippen molar-refractivity contribution in [1.82, 2.24) is 9.88 Å². The van der Waals surface area contributed by atoms with E-state index in [0.29, 0.717) is 19.1 Å². The van der Waals surface area contributed by atoms with Crippen LogP contribution in [0.15, 0.2) is 9.42 Å². The molecular formula is C13H21N3O4S. The molecule has 1 aliphatic carbocycles. The highest BCUT2D eigenvalue weighted by Gasteiger charge is 2.42. The Kier molecular flexibility index (Phi) is 3.71. The van der Waals surface area contributed by atoms with E-state index in [-0.39, 0.29) is 22.1 Å². The first-order chi connectivity index (χ1) is 9.92. The first kappa shape index (κ1) is 14.8. The molecule has 1 spiro atoms. The van der Waals surface area contributed by atoms with Gasteiger partial charge in [-0.15, -0.1) is 0 Å². The molecule has 3 N–H and O–H groups in total. The summed E-state index contributed by atoms with van der Waals surface area (Å²) in [7, 11) is -3.68. The maximum Gasteiger partial charge on any atom is 0.247 e. The van der Waals surface area contributed by atoms with Gasteiger partial charge < -0.3 is 15.0 Å². The quantitative estimate of drug-likeness (QED) is 0.864. The highest BCUT2D eigenvalue weighted by Crippen LogP contribution is 2.44. The second kappa shape index (κ2) is 5.26. The number of hydrogen-bond acceptors (Lipinski definition) is 6. The van der Waals surface area contributed by atoms with Crippen molar-refractivity contribution in [3.63, 3.8) is 0 Å². The van der Waals surface area contributed by atoms with Crippen LogP contribution in [0.3, 0.4) is 0 Å². The van der Waals surface area contributed by atoms with Gasteiger partial charge >= 0.3 is 0 Å². The van der Waals surface area contributed by atoms with Crippen molar-refractivity contribution in [2.24, 2.45) is 5.92 Å². The van der Waals surface area contributed by atoms with Crippen LogP contribution in [0.4, 0.5) is 5.82 Å². The van der Waals surface area contributed by atoms with Crippen molar-refractivity contribution >= 4 is 15.8 Å². The second-order valence-electron chi connectivity index (χ2n) is 6.05. The third-order valence-electron chi connectivity index (χ3n) is 4.52. The lowest BCUT2D eigenvalue weighted by atomic mass is 9.72. The fraction of sp³-hybridized carbons (Fsp3) is 0.769. The molecule has 21 heavy (non-hydrogen) atoms. The van der Waals surface area contributed by atoms with E-state index in [1.165, 1.54) is 13.3 Å². The molecule has 2 aliphatic rings. The monoisotopic (exact) mass is 315 g/mol. The molecule has 1 saturated carbocycles. The lowest BCUT2D eigenvalue weighted by molar-refractivity contribution is -0.142. The minimum Gasteiger partial charge on any atom is -0.380 e. The molecule has 1 saturated heterocycles. The minimum absolute atomic E-state index is 0.0144. The van der Waals surface area contributed by atoms with E-state index in [0.717, 1.165) is 25.7 Å². The van der Waals surface area contributed by atoms with Crippen molar-refractivity contribution in [1.29, 1.82) is 0 Å². The van der Waals surface area contributed by atoms with E-state index in [4.69, 9.17) is 15.0 Å². The summed E-state index contributed by atoms with van der Waals surface area (Å²) in [6.07, 6.45) is 5.19. The number of nitrogens with two attached hydrogens (primary N) is 1. The maximum absolute atomic E-state index is 12.3. The van der Waals surface area contributed by atoms with Gasteiger partial charge in [0.05, 0.1) is 5.60 Å². The zero-order valence-corrected chi connectivity index (χ0v) is 12.9. The molecule has 1 aromatic heterocycles. The number of aryl methyl sites for hydroxylation is 1. The Bertz CT molecular complexity index is 602. The van der Waals surface area contributed by atoms with Gasteiger partial charge in [-0.2, -0.15) is 0 Å². The number of ether oxygens (including phenoxy) is 1. The molecular weight excluding hydrogens is 294 g/mol. The third kappa shape index (κ3) is 2.79.